The fraction of sp³-hybridized carbons (Fsp3) is 0.250. The molecule has 30 heavy (non-hydrogen) atoms. The number of nitrogens with two attached hydrogens (primary N) is 1. The smallest absolute Gasteiger partial charge is 0.267 e. The maximum Gasteiger partial charge on any atom is 0.267 e. The number of nitrogens with one attached hydrogen (secondary N) is 1. The molecule has 0 bridgehead atoms. The van der Waals surface area contributed by atoms with Gasteiger partial charge in [-0.2, -0.15) is 0 Å². The van der Waals surface area contributed by atoms with Crippen LogP contribution < -0.4 is 11.1 Å². The third-order valence-corrected chi connectivity index (χ3v) is 6.85. The molecular formula is C24H23N3O2S. The minimum absolute atomic E-state index is 0.205. The first-order valence-corrected chi connectivity index (χ1v) is 11.1. The highest BCUT2D eigenvalue weighted by Crippen LogP contribution is 2.44. The van der Waals surface area contributed by atoms with E-state index in [1.54, 1.807) is 6.26 Å². The van der Waals surface area contributed by atoms with E-state index in [1.165, 1.54) is 22.5 Å². The molecule has 152 valence electrons. The molecular weight excluding hydrogens is 394 g/mol. The molecule has 0 saturated carbocycles. The molecule has 1 amide bonds. The van der Waals surface area contributed by atoms with Crippen LogP contribution in [0.1, 0.15) is 46.3 Å². The Bertz CT molecular complexity index is 1220. The van der Waals surface area contributed by atoms with Crippen molar-refractivity contribution in [2.75, 3.05) is 11.1 Å². The van der Waals surface area contributed by atoms with Crippen molar-refractivity contribution in [2.45, 2.75) is 39.0 Å². The Kier molecular flexibility index (Phi) is 4.79. The summed E-state index contributed by atoms with van der Waals surface area (Å²) in [5, 5.41) is 3.81. The number of thiophene rings is 1. The number of aromatic nitrogens is 1. The molecule has 0 spiro atoms. The van der Waals surface area contributed by atoms with Crippen molar-refractivity contribution >= 4 is 38.8 Å². The molecule has 0 unspecified atom stereocenters. The predicted molar refractivity (Wildman–Crippen MR) is 122 cm³/mol. The van der Waals surface area contributed by atoms with Gasteiger partial charge in [-0.15, -0.1) is 11.3 Å². The predicted octanol–water partition coefficient (Wildman–Crippen LogP) is 5.83. The van der Waals surface area contributed by atoms with E-state index in [0.29, 0.717) is 10.6 Å². The molecule has 1 aliphatic carbocycles. The standard InChI is InChI=1S/C24H23N3O2S/c1-2-14-9-11-15(12-10-14)26-23(28)22-21(25)20-19(18-8-5-13-29-18)16-6-3-4-7-17(16)27-24(20)30-22/h5,8-13H,2-4,6-7,25H2,1H3,(H,26,28). The number of hydrogen-bond donors (Lipinski definition) is 2. The van der Waals surface area contributed by atoms with E-state index in [9.17, 15) is 4.79 Å². The number of nitrogens with zero attached hydrogens (tertiary/aromatic N) is 1. The van der Waals surface area contributed by atoms with Gasteiger partial charge in [-0.25, -0.2) is 4.98 Å². The monoisotopic (exact) mass is 417 g/mol. The summed E-state index contributed by atoms with van der Waals surface area (Å²) in [6.07, 6.45) is 6.79. The lowest BCUT2D eigenvalue weighted by atomic mass is 9.89. The summed E-state index contributed by atoms with van der Waals surface area (Å²) in [7, 11) is 0. The quantitative estimate of drug-likeness (QED) is 0.438. The van der Waals surface area contributed by atoms with E-state index < -0.39 is 0 Å². The van der Waals surface area contributed by atoms with Crippen LogP contribution in [0.3, 0.4) is 0 Å². The van der Waals surface area contributed by atoms with E-state index >= 15 is 0 Å². The molecule has 1 aliphatic rings. The number of carbonyl (C=O) groups excluding carboxylic acids is 1. The van der Waals surface area contributed by atoms with E-state index in [0.717, 1.165) is 65.0 Å². The van der Waals surface area contributed by atoms with Crippen molar-refractivity contribution in [3.63, 3.8) is 0 Å². The number of furan rings is 1. The summed E-state index contributed by atoms with van der Waals surface area (Å²) < 4.78 is 5.76. The van der Waals surface area contributed by atoms with Gasteiger partial charge in [-0.1, -0.05) is 19.1 Å². The van der Waals surface area contributed by atoms with Crippen molar-refractivity contribution in [1.82, 2.24) is 4.98 Å². The highest BCUT2D eigenvalue weighted by atomic mass is 32.1. The number of pyridine rings is 1. The first-order valence-electron chi connectivity index (χ1n) is 10.3. The first-order chi connectivity index (χ1) is 14.7. The summed E-state index contributed by atoms with van der Waals surface area (Å²) in [6, 6.07) is 11.7. The molecule has 3 aromatic heterocycles. The number of carbonyl (C=O) groups is 1. The van der Waals surface area contributed by atoms with Crippen LogP contribution in [-0.2, 0) is 19.3 Å². The Morgan fingerprint density at radius 2 is 2.00 bits per heavy atom. The summed E-state index contributed by atoms with van der Waals surface area (Å²) in [5.41, 5.74) is 12.3. The average Bonchev–Trinajstić information content (AvgIpc) is 3.41. The Balaban J connectivity index is 1.61. The summed E-state index contributed by atoms with van der Waals surface area (Å²) >= 11 is 1.35. The number of nitrogen functional groups attached to an aromatic ring is 1. The Morgan fingerprint density at radius 3 is 2.73 bits per heavy atom. The van der Waals surface area contributed by atoms with Gasteiger partial charge in [0, 0.05) is 22.3 Å². The maximum absolute atomic E-state index is 13.0. The number of amides is 1. The zero-order valence-electron chi connectivity index (χ0n) is 16.8. The Labute approximate surface area is 178 Å². The topological polar surface area (TPSA) is 81.2 Å². The number of fused-ring (bicyclic) bond motifs is 2. The largest absolute Gasteiger partial charge is 0.464 e. The summed E-state index contributed by atoms with van der Waals surface area (Å²) in [5.74, 6) is 0.579. The molecule has 3 N–H and O–H groups in total. The molecule has 0 saturated heterocycles. The fourth-order valence-corrected chi connectivity index (χ4v) is 5.20. The van der Waals surface area contributed by atoms with Crippen molar-refractivity contribution in [3.8, 4) is 11.3 Å². The molecule has 3 heterocycles. The van der Waals surface area contributed by atoms with Crippen molar-refractivity contribution in [2.24, 2.45) is 0 Å². The van der Waals surface area contributed by atoms with Crippen LogP contribution in [0.4, 0.5) is 11.4 Å². The molecule has 4 aromatic rings. The fourth-order valence-electron chi connectivity index (χ4n) is 4.18. The van der Waals surface area contributed by atoms with Gasteiger partial charge in [0.1, 0.15) is 15.5 Å². The highest BCUT2D eigenvalue weighted by molar-refractivity contribution is 7.21. The zero-order chi connectivity index (χ0) is 20.7. The third kappa shape index (κ3) is 3.17. The first kappa shape index (κ1) is 18.9. The van der Waals surface area contributed by atoms with Crippen molar-refractivity contribution in [3.05, 3.63) is 64.4 Å². The van der Waals surface area contributed by atoms with E-state index in [2.05, 4.69) is 12.2 Å². The minimum Gasteiger partial charge on any atom is -0.464 e. The van der Waals surface area contributed by atoms with Crippen LogP contribution in [0, 0.1) is 0 Å². The van der Waals surface area contributed by atoms with E-state index in [4.69, 9.17) is 15.1 Å². The third-order valence-electron chi connectivity index (χ3n) is 5.75. The zero-order valence-corrected chi connectivity index (χ0v) is 17.6. The Hall–Kier alpha value is -3.12. The van der Waals surface area contributed by atoms with Crippen LogP contribution in [0.15, 0.2) is 47.1 Å². The molecule has 6 heteroatoms. The van der Waals surface area contributed by atoms with Crippen LogP contribution in [0.25, 0.3) is 21.5 Å². The van der Waals surface area contributed by atoms with Crippen LogP contribution >= 0.6 is 11.3 Å². The van der Waals surface area contributed by atoms with Gasteiger partial charge in [-0.05, 0) is 67.5 Å². The molecule has 1 aromatic carbocycles. The molecule has 5 nitrogen and oxygen atoms in total. The number of aryl methyl sites for hydroxylation is 2. The number of hydrogen-bond acceptors (Lipinski definition) is 5. The SMILES string of the molecule is CCc1ccc(NC(=O)c2sc3nc4c(c(-c5ccco5)c3c2N)CCCC4)cc1. The lowest BCUT2D eigenvalue weighted by molar-refractivity contribution is 0.103. The van der Waals surface area contributed by atoms with Crippen molar-refractivity contribution < 1.29 is 9.21 Å². The van der Waals surface area contributed by atoms with Gasteiger partial charge >= 0.3 is 0 Å². The van der Waals surface area contributed by atoms with Gasteiger partial charge in [0.25, 0.3) is 5.91 Å². The van der Waals surface area contributed by atoms with E-state index in [1.807, 2.05) is 36.4 Å². The number of anilines is 2. The minimum atomic E-state index is -0.205. The molecule has 0 aliphatic heterocycles. The highest BCUT2D eigenvalue weighted by Gasteiger charge is 2.26. The molecule has 0 radical (unpaired) electrons. The number of rotatable bonds is 4. The van der Waals surface area contributed by atoms with E-state index in [-0.39, 0.29) is 5.91 Å². The molecule has 0 fully saturated rings. The lowest BCUT2D eigenvalue weighted by Gasteiger charge is -2.18. The van der Waals surface area contributed by atoms with Gasteiger partial charge in [0.05, 0.1) is 12.0 Å². The molecule has 0 atom stereocenters. The van der Waals surface area contributed by atoms with Gasteiger partial charge in [0.15, 0.2) is 0 Å². The Morgan fingerprint density at radius 1 is 1.20 bits per heavy atom. The van der Waals surface area contributed by atoms with Gasteiger partial charge in [0.2, 0.25) is 0 Å². The summed E-state index contributed by atoms with van der Waals surface area (Å²) in [4.78, 5) is 19.2. The second-order valence-electron chi connectivity index (χ2n) is 7.63. The maximum atomic E-state index is 13.0. The number of benzene rings is 1. The van der Waals surface area contributed by atoms with Gasteiger partial charge < -0.3 is 15.5 Å². The summed E-state index contributed by atoms with van der Waals surface area (Å²) in [6.45, 7) is 2.11. The van der Waals surface area contributed by atoms with Crippen LogP contribution in [-0.4, -0.2) is 10.9 Å². The second-order valence-corrected chi connectivity index (χ2v) is 8.63. The lowest BCUT2D eigenvalue weighted by Crippen LogP contribution is -2.12. The molecule has 5 rings (SSSR count). The van der Waals surface area contributed by atoms with Crippen molar-refractivity contribution in [1.29, 1.82) is 0 Å². The second kappa shape index (κ2) is 7.61. The van der Waals surface area contributed by atoms with Gasteiger partial charge in [-0.3, -0.25) is 4.79 Å². The van der Waals surface area contributed by atoms with Crippen LogP contribution in [0.5, 0.6) is 0 Å². The normalized spacial score (nSPS) is 13.4. The average molecular weight is 418 g/mol. The van der Waals surface area contributed by atoms with Crippen LogP contribution in [0.2, 0.25) is 0 Å².